The van der Waals surface area contributed by atoms with E-state index in [4.69, 9.17) is 4.74 Å². The lowest BCUT2D eigenvalue weighted by Gasteiger charge is -2.09. The van der Waals surface area contributed by atoms with Gasteiger partial charge in [-0.05, 0) is 17.7 Å². The third kappa shape index (κ3) is 4.54. The number of nitro benzene ring substituents is 1. The second-order valence-corrected chi connectivity index (χ2v) is 4.92. The molecule has 0 atom stereocenters. The van der Waals surface area contributed by atoms with E-state index < -0.39 is 4.92 Å². The van der Waals surface area contributed by atoms with Crippen LogP contribution in [0.25, 0.3) is 0 Å². The van der Waals surface area contributed by atoms with Crippen molar-refractivity contribution in [3.63, 3.8) is 0 Å². The van der Waals surface area contributed by atoms with Crippen LogP contribution in [0.2, 0.25) is 0 Å². The number of pyridine rings is 1. The van der Waals surface area contributed by atoms with Gasteiger partial charge in [-0.2, -0.15) is 0 Å². The van der Waals surface area contributed by atoms with E-state index in [2.05, 4.69) is 24.1 Å². The largest absolute Gasteiger partial charge is 0.455 e. The Bertz CT molecular complexity index is 629. The molecule has 0 bridgehead atoms. The quantitative estimate of drug-likeness (QED) is 0.651. The number of ether oxygens (including phenoxy) is 1. The first-order valence-corrected chi connectivity index (χ1v) is 6.64. The number of hydrogen-bond acceptors (Lipinski definition) is 5. The molecule has 0 amide bonds. The highest BCUT2D eigenvalue weighted by molar-refractivity contribution is 5.40. The summed E-state index contributed by atoms with van der Waals surface area (Å²) in [4.78, 5) is 14.4. The van der Waals surface area contributed by atoms with Gasteiger partial charge in [0.05, 0.1) is 17.2 Å². The normalized spacial score (nSPS) is 10.6. The van der Waals surface area contributed by atoms with Gasteiger partial charge in [0.2, 0.25) is 0 Å². The Morgan fingerprint density at radius 3 is 2.81 bits per heavy atom. The Balaban J connectivity index is 2.10. The van der Waals surface area contributed by atoms with Gasteiger partial charge in [0, 0.05) is 24.8 Å². The van der Waals surface area contributed by atoms with Gasteiger partial charge in [-0.25, -0.2) is 0 Å². The van der Waals surface area contributed by atoms with E-state index in [1.165, 1.54) is 12.1 Å². The molecule has 0 aliphatic rings. The minimum atomic E-state index is -0.450. The van der Waals surface area contributed by atoms with Crippen LogP contribution in [-0.4, -0.2) is 15.9 Å². The van der Waals surface area contributed by atoms with E-state index in [-0.39, 0.29) is 5.69 Å². The maximum atomic E-state index is 10.7. The summed E-state index contributed by atoms with van der Waals surface area (Å²) in [5.41, 5.74) is 0.990. The summed E-state index contributed by atoms with van der Waals surface area (Å²) < 4.78 is 5.62. The van der Waals surface area contributed by atoms with E-state index in [0.29, 0.717) is 24.1 Å². The van der Waals surface area contributed by atoms with Crippen molar-refractivity contribution in [3.05, 3.63) is 58.4 Å². The second-order valence-electron chi connectivity index (χ2n) is 4.92. The second kappa shape index (κ2) is 6.81. The van der Waals surface area contributed by atoms with Crippen molar-refractivity contribution in [2.75, 3.05) is 0 Å². The average Bonchev–Trinajstić information content (AvgIpc) is 2.46. The van der Waals surface area contributed by atoms with Crippen LogP contribution < -0.4 is 10.1 Å². The molecular formula is C15H17N3O3. The highest BCUT2D eigenvalue weighted by atomic mass is 16.6. The number of benzene rings is 1. The van der Waals surface area contributed by atoms with Crippen molar-refractivity contribution >= 4 is 5.69 Å². The molecule has 6 nitrogen and oxygen atoms in total. The highest BCUT2D eigenvalue weighted by Gasteiger charge is 2.07. The van der Waals surface area contributed by atoms with E-state index >= 15 is 0 Å². The molecule has 1 aromatic carbocycles. The number of nitrogens with zero attached hydrogens (tertiary/aromatic N) is 2. The summed E-state index contributed by atoms with van der Waals surface area (Å²) in [7, 11) is 0. The van der Waals surface area contributed by atoms with Crippen molar-refractivity contribution in [2.45, 2.75) is 26.4 Å². The topological polar surface area (TPSA) is 77.3 Å². The lowest BCUT2D eigenvalue weighted by molar-refractivity contribution is -0.384. The highest BCUT2D eigenvalue weighted by Crippen LogP contribution is 2.25. The Morgan fingerprint density at radius 2 is 2.10 bits per heavy atom. The smallest absolute Gasteiger partial charge is 0.273 e. The van der Waals surface area contributed by atoms with Crippen molar-refractivity contribution in [2.24, 2.45) is 0 Å². The van der Waals surface area contributed by atoms with Crippen molar-refractivity contribution in [1.29, 1.82) is 0 Å². The van der Waals surface area contributed by atoms with Gasteiger partial charge in [0.25, 0.3) is 5.69 Å². The maximum absolute atomic E-state index is 10.7. The third-order valence-electron chi connectivity index (χ3n) is 2.75. The Morgan fingerprint density at radius 1 is 1.29 bits per heavy atom. The van der Waals surface area contributed by atoms with Crippen molar-refractivity contribution < 1.29 is 9.66 Å². The Kier molecular flexibility index (Phi) is 4.84. The number of non-ortho nitro benzene ring substituents is 1. The number of aromatic nitrogens is 1. The van der Waals surface area contributed by atoms with Crippen LogP contribution in [0, 0.1) is 10.1 Å². The van der Waals surface area contributed by atoms with E-state index in [1.807, 2.05) is 6.07 Å². The minimum Gasteiger partial charge on any atom is -0.455 e. The van der Waals surface area contributed by atoms with Crippen molar-refractivity contribution in [3.8, 4) is 11.5 Å². The molecule has 21 heavy (non-hydrogen) atoms. The van der Waals surface area contributed by atoms with Gasteiger partial charge < -0.3 is 10.1 Å². The molecule has 1 aromatic heterocycles. The van der Waals surface area contributed by atoms with Gasteiger partial charge in [0.15, 0.2) is 0 Å². The number of rotatable bonds is 6. The molecule has 0 spiro atoms. The van der Waals surface area contributed by atoms with Crippen LogP contribution in [0.5, 0.6) is 11.5 Å². The number of hydrogen-bond donors (Lipinski definition) is 1. The van der Waals surface area contributed by atoms with Gasteiger partial charge in [-0.1, -0.05) is 19.9 Å². The summed E-state index contributed by atoms with van der Waals surface area (Å²) in [5.74, 6) is 0.971. The third-order valence-corrected chi connectivity index (χ3v) is 2.75. The molecule has 2 aromatic rings. The summed E-state index contributed by atoms with van der Waals surface area (Å²) in [5, 5.41) is 14.0. The van der Waals surface area contributed by atoms with Crippen molar-refractivity contribution in [1.82, 2.24) is 10.3 Å². The molecule has 0 radical (unpaired) electrons. The van der Waals surface area contributed by atoms with E-state index in [1.54, 1.807) is 24.5 Å². The predicted octanol–water partition coefficient (Wildman–Crippen LogP) is 3.28. The zero-order valence-corrected chi connectivity index (χ0v) is 11.9. The molecule has 0 aliphatic heterocycles. The monoisotopic (exact) mass is 287 g/mol. The molecule has 2 rings (SSSR count). The fourth-order valence-electron chi connectivity index (χ4n) is 1.73. The van der Waals surface area contributed by atoms with Crippen LogP contribution in [-0.2, 0) is 6.54 Å². The molecule has 110 valence electrons. The fraction of sp³-hybridized carbons (Fsp3) is 0.267. The van der Waals surface area contributed by atoms with Gasteiger partial charge in [0.1, 0.15) is 11.5 Å². The summed E-state index contributed by atoms with van der Waals surface area (Å²) in [6.45, 7) is 4.82. The van der Waals surface area contributed by atoms with Crippen LogP contribution in [0.3, 0.4) is 0 Å². The first-order valence-electron chi connectivity index (χ1n) is 6.64. The molecule has 0 fully saturated rings. The molecule has 1 heterocycles. The van der Waals surface area contributed by atoms with Crippen LogP contribution in [0.1, 0.15) is 19.4 Å². The van der Waals surface area contributed by atoms with Gasteiger partial charge in [-0.15, -0.1) is 0 Å². The van der Waals surface area contributed by atoms with Gasteiger partial charge >= 0.3 is 0 Å². The van der Waals surface area contributed by atoms with Crippen LogP contribution >= 0.6 is 0 Å². The van der Waals surface area contributed by atoms with Gasteiger partial charge in [-0.3, -0.25) is 15.1 Å². The molecule has 0 aliphatic carbocycles. The summed E-state index contributed by atoms with van der Waals surface area (Å²) >= 11 is 0. The first kappa shape index (κ1) is 14.9. The first-order chi connectivity index (χ1) is 10.0. The molecule has 6 heteroatoms. The molecular weight excluding hydrogens is 270 g/mol. The number of nitro groups is 1. The maximum Gasteiger partial charge on any atom is 0.273 e. The van der Waals surface area contributed by atoms with Crippen LogP contribution in [0.4, 0.5) is 5.69 Å². The Labute approximate surface area is 122 Å². The summed E-state index contributed by atoms with van der Waals surface area (Å²) in [6.07, 6.45) is 3.34. The van der Waals surface area contributed by atoms with E-state index in [9.17, 15) is 10.1 Å². The van der Waals surface area contributed by atoms with E-state index in [0.717, 1.165) is 5.56 Å². The molecule has 0 unspecified atom stereocenters. The standard InChI is InChI=1S/C15H17N3O3/c1-11(2)17-9-12-6-15(10-16-8-12)21-14-5-3-4-13(7-14)18(19)20/h3-8,10-11,17H,9H2,1-2H3. The molecule has 0 saturated carbocycles. The zero-order valence-electron chi connectivity index (χ0n) is 11.9. The lowest BCUT2D eigenvalue weighted by Crippen LogP contribution is -2.21. The SMILES string of the molecule is CC(C)NCc1cncc(Oc2cccc([N+](=O)[O-])c2)c1. The average molecular weight is 287 g/mol. The molecule has 0 saturated heterocycles. The molecule has 1 N–H and O–H groups in total. The zero-order chi connectivity index (χ0) is 15.2. The number of nitrogens with one attached hydrogen (secondary N) is 1. The summed E-state index contributed by atoms with van der Waals surface area (Å²) in [6, 6.07) is 8.32. The van der Waals surface area contributed by atoms with Crippen LogP contribution in [0.15, 0.2) is 42.7 Å². The fourth-order valence-corrected chi connectivity index (χ4v) is 1.73. The predicted molar refractivity (Wildman–Crippen MR) is 79.4 cm³/mol. The lowest BCUT2D eigenvalue weighted by atomic mass is 10.2. The minimum absolute atomic E-state index is 0.00177. The Hall–Kier alpha value is -2.47.